The molecule has 0 aliphatic rings. The van der Waals surface area contributed by atoms with E-state index in [2.05, 4.69) is 21.3 Å². The van der Waals surface area contributed by atoms with E-state index >= 15 is 0 Å². The van der Waals surface area contributed by atoms with Crippen molar-refractivity contribution in [3.05, 3.63) is 50.6 Å². The van der Waals surface area contributed by atoms with E-state index in [1.165, 1.54) is 5.56 Å². The largest absolute Gasteiger partial charge is 0.496 e. The van der Waals surface area contributed by atoms with Gasteiger partial charge in [-0.1, -0.05) is 15.9 Å². The Hall–Kier alpha value is -0.840. The lowest BCUT2D eigenvalue weighted by molar-refractivity contribution is 0.174. The first-order chi connectivity index (χ1) is 8.69. The Morgan fingerprint density at radius 3 is 2.83 bits per heavy atom. The van der Waals surface area contributed by atoms with Crippen LogP contribution in [0.2, 0.25) is 0 Å². The minimum Gasteiger partial charge on any atom is -0.496 e. The molecule has 0 aliphatic heterocycles. The van der Waals surface area contributed by atoms with Crippen molar-refractivity contribution in [1.29, 1.82) is 0 Å². The molecule has 1 aromatic heterocycles. The summed E-state index contributed by atoms with van der Waals surface area (Å²) in [6.07, 6.45) is 0.889. The quantitative estimate of drug-likeness (QED) is 0.908. The molecular formula is C14H15BrO2S. The fraction of sp³-hybridized carbons (Fsp3) is 0.286. The van der Waals surface area contributed by atoms with E-state index in [0.29, 0.717) is 12.8 Å². The molecular weight excluding hydrogens is 312 g/mol. The molecule has 1 unspecified atom stereocenters. The molecule has 1 atom stereocenters. The van der Waals surface area contributed by atoms with E-state index in [1.807, 2.05) is 29.6 Å². The molecule has 96 valence electrons. The first-order valence-electron chi connectivity index (χ1n) is 5.70. The van der Waals surface area contributed by atoms with E-state index < -0.39 is 0 Å². The molecule has 1 heterocycles. The number of halogens is 1. The predicted octanol–water partition coefficient (Wildman–Crippen LogP) is 3.67. The van der Waals surface area contributed by atoms with Crippen LogP contribution in [0.5, 0.6) is 5.75 Å². The second-order valence-corrected chi connectivity index (χ2v) is 5.85. The van der Waals surface area contributed by atoms with Crippen LogP contribution in [0.15, 0.2) is 39.5 Å². The van der Waals surface area contributed by atoms with E-state index in [-0.39, 0.29) is 6.10 Å². The van der Waals surface area contributed by atoms with Gasteiger partial charge in [-0.25, -0.2) is 0 Å². The van der Waals surface area contributed by atoms with Crippen LogP contribution in [0.4, 0.5) is 0 Å². The van der Waals surface area contributed by atoms with Crippen LogP contribution >= 0.6 is 27.3 Å². The van der Waals surface area contributed by atoms with Gasteiger partial charge in [-0.15, -0.1) is 0 Å². The molecule has 2 nitrogen and oxygen atoms in total. The Kier molecular flexibility index (Phi) is 4.80. The van der Waals surface area contributed by atoms with E-state index in [4.69, 9.17) is 4.74 Å². The van der Waals surface area contributed by atoms with Crippen molar-refractivity contribution in [2.45, 2.75) is 18.9 Å². The summed E-state index contributed by atoms with van der Waals surface area (Å²) < 4.78 is 6.31. The van der Waals surface area contributed by atoms with Crippen molar-refractivity contribution in [3.8, 4) is 5.75 Å². The highest BCUT2D eigenvalue weighted by Gasteiger charge is 2.11. The summed E-state index contributed by atoms with van der Waals surface area (Å²) in [6, 6.07) is 7.89. The zero-order valence-electron chi connectivity index (χ0n) is 10.1. The van der Waals surface area contributed by atoms with Crippen LogP contribution in [-0.2, 0) is 12.8 Å². The fourth-order valence-corrected chi connectivity index (χ4v) is 3.00. The minimum atomic E-state index is -0.386. The molecule has 18 heavy (non-hydrogen) atoms. The molecule has 1 aromatic carbocycles. The predicted molar refractivity (Wildman–Crippen MR) is 78.4 cm³/mol. The Balaban J connectivity index is 2.06. The third kappa shape index (κ3) is 3.57. The zero-order chi connectivity index (χ0) is 13.0. The number of aliphatic hydroxyl groups excluding tert-OH is 1. The number of thiophene rings is 1. The lowest BCUT2D eigenvalue weighted by atomic mass is 10.0. The van der Waals surface area contributed by atoms with Gasteiger partial charge < -0.3 is 9.84 Å². The van der Waals surface area contributed by atoms with Crippen LogP contribution in [0, 0.1) is 0 Å². The fourth-order valence-electron chi connectivity index (χ4n) is 1.91. The summed E-state index contributed by atoms with van der Waals surface area (Å²) in [5, 5.41) is 14.2. The van der Waals surface area contributed by atoms with Gasteiger partial charge in [0.05, 0.1) is 13.2 Å². The molecule has 0 aliphatic carbocycles. The number of methoxy groups -OCH3 is 1. The van der Waals surface area contributed by atoms with Gasteiger partial charge in [0, 0.05) is 10.9 Å². The zero-order valence-corrected chi connectivity index (χ0v) is 12.5. The Labute approximate surface area is 119 Å². The average Bonchev–Trinajstić information content (AvgIpc) is 2.82. The molecule has 2 aromatic rings. The molecule has 2 rings (SSSR count). The highest BCUT2D eigenvalue weighted by atomic mass is 79.9. The molecule has 0 fully saturated rings. The van der Waals surface area contributed by atoms with Crippen molar-refractivity contribution in [2.24, 2.45) is 0 Å². The van der Waals surface area contributed by atoms with Crippen molar-refractivity contribution >= 4 is 27.3 Å². The summed E-state index contributed by atoms with van der Waals surface area (Å²) >= 11 is 5.10. The van der Waals surface area contributed by atoms with Crippen molar-refractivity contribution in [2.75, 3.05) is 7.11 Å². The Morgan fingerprint density at radius 1 is 1.33 bits per heavy atom. The maximum absolute atomic E-state index is 10.1. The lowest BCUT2D eigenvalue weighted by Crippen LogP contribution is -2.14. The van der Waals surface area contributed by atoms with Gasteiger partial charge >= 0.3 is 0 Å². The second kappa shape index (κ2) is 6.36. The smallest absolute Gasteiger partial charge is 0.122 e. The molecule has 0 amide bonds. The molecule has 0 spiro atoms. The standard InChI is InChI=1S/C14H15BrO2S/c1-17-14-3-2-12(15)7-11(14)8-13(16)6-10-4-5-18-9-10/h2-5,7,9,13,16H,6,8H2,1H3. The van der Waals surface area contributed by atoms with Crippen molar-refractivity contribution < 1.29 is 9.84 Å². The highest BCUT2D eigenvalue weighted by molar-refractivity contribution is 9.10. The summed E-state index contributed by atoms with van der Waals surface area (Å²) in [7, 11) is 1.65. The van der Waals surface area contributed by atoms with Gasteiger partial charge in [0.15, 0.2) is 0 Å². The van der Waals surface area contributed by atoms with Gasteiger partial charge in [0.2, 0.25) is 0 Å². The number of rotatable bonds is 5. The minimum absolute atomic E-state index is 0.386. The topological polar surface area (TPSA) is 29.5 Å². The summed E-state index contributed by atoms with van der Waals surface area (Å²) in [4.78, 5) is 0. The molecule has 4 heteroatoms. The van der Waals surface area contributed by atoms with Gasteiger partial charge in [0.25, 0.3) is 0 Å². The molecule has 0 radical (unpaired) electrons. The van der Waals surface area contributed by atoms with Crippen LogP contribution in [0.3, 0.4) is 0 Å². The van der Waals surface area contributed by atoms with Crippen molar-refractivity contribution in [1.82, 2.24) is 0 Å². The number of hydrogen-bond acceptors (Lipinski definition) is 3. The highest BCUT2D eigenvalue weighted by Crippen LogP contribution is 2.25. The van der Waals surface area contributed by atoms with Gasteiger partial charge in [-0.3, -0.25) is 0 Å². The first kappa shape index (κ1) is 13.6. The maximum atomic E-state index is 10.1. The van der Waals surface area contributed by atoms with Crippen molar-refractivity contribution in [3.63, 3.8) is 0 Å². The number of hydrogen-bond donors (Lipinski definition) is 1. The summed E-state index contributed by atoms with van der Waals surface area (Å²) in [5.74, 6) is 0.822. The molecule has 0 bridgehead atoms. The monoisotopic (exact) mass is 326 g/mol. The Bertz CT molecular complexity index is 497. The van der Waals surface area contributed by atoms with Crippen LogP contribution in [-0.4, -0.2) is 18.3 Å². The summed E-state index contributed by atoms with van der Waals surface area (Å²) in [5.41, 5.74) is 2.20. The average molecular weight is 327 g/mol. The maximum Gasteiger partial charge on any atom is 0.122 e. The first-order valence-corrected chi connectivity index (χ1v) is 7.44. The SMILES string of the molecule is COc1ccc(Br)cc1CC(O)Cc1ccsc1. The number of aliphatic hydroxyl groups is 1. The van der Waals surface area contributed by atoms with E-state index in [0.717, 1.165) is 15.8 Å². The number of benzene rings is 1. The second-order valence-electron chi connectivity index (χ2n) is 4.15. The molecule has 1 N–H and O–H groups in total. The van der Waals surface area contributed by atoms with Gasteiger partial charge in [-0.2, -0.15) is 11.3 Å². The van der Waals surface area contributed by atoms with Gasteiger partial charge in [-0.05, 0) is 52.6 Å². The molecule has 0 saturated heterocycles. The lowest BCUT2D eigenvalue weighted by Gasteiger charge is -2.13. The van der Waals surface area contributed by atoms with Crippen LogP contribution in [0.1, 0.15) is 11.1 Å². The molecule has 0 saturated carbocycles. The van der Waals surface area contributed by atoms with E-state index in [9.17, 15) is 5.11 Å². The van der Waals surface area contributed by atoms with Gasteiger partial charge in [0.1, 0.15) is 5.75 Å². The Morgan fingerprint density at radius 2 is 2.17 bits per heavy atom. The van der Waals surface area contributed by atoms with E-state index in [1.54, 1.807) is 18.4 Å². The summed E-state index contributed by atoms with van der Waals surface area (Å²) in [6.45, 7) is 0. The number of ether oxygens (including phenoxy) is 1. The normalized spacial score (nSPS) is 12.4. The van der Waals surface area contributed by atoms with Crippen LogP contribution < -0.4 is 4.74 Å². The van der Waals surface area contributed by atoms with Crippen LogP contribution in [0.25, 0.3) is 0 Å². The third-order valence-corrected chi connectivity index (χ3v) is 3.97. The third-order valence-electron chi connectivity index (χ3n) is 2.75.